The van der Waals surface area contributed by atoms with Crippen LogP contribution in [-0.2, 0) is 6.18 Å². The van der Waals surface area contributed by atoms with Crippen molar-refractivity contribution in [3.8, 4) is 0 Å². The number of rotatable bonds is 2. The van der Waals surface area contributed by atoms with Gasteiger partial charge in [0.05, 0.1) is 11.1 Å². The lowest BCUT2D eigenvalue weighted by atomic mass is 9.98. The van der Waals surface area contributed by atoms with E-state index in [4.69, 9.17) is 11.6 Å². The first-order valence-corrected chi connectivity index (χ1v) is 8.85. The number of carbonyl (C=O) groups excluding carboxylic acids is 1. The Morgan fingerprint density at radius 2 is 1.54 bits per heavy atom. The molecule has 0 bridgehead atoms. The fourth-order valence-electron chi connectivity index (χ4n) is 3.33. The van der Waals surface area contributed by atoms with Crippen molar-refractivity contribution in [1.29, 1.82) is 0 Å². The lowest BCUT2D eigenvalue weighted by Gasteiger charge is -2.39. The van der Waals surface area contributed by atoms with Gasteiger partial charge in [-0.3, -0.25) is 9.69 Å². The molecular weight excluding hydrogens is 389 g/mol. The van der Waals surface area contributed by atoms with E-state index in [-0.39, 0.29) is 5.56 Å². The number of anilines is 2. The molecule has 1 heterocycles. The third-order valence-electron chi connectivity index (χ3n) is 4.59. The number of para-hydroxylation sites is 1. The molecule has 3 aromatic carbocycles. The molecule has 1 aliphatic heterocycles. The number of hydrogen-bond acceptors (Lipinski definition) is 2. The van der Waals surface area contributed by atoms with Crippen molar-refractivity contribution >= 4 is 28.9 Å². The Hall–Kier alpha value is -2.99. The van der Waals surface area contributed by atoms with Gasteiger partial charge in [0, 0.05) is 22.0 Å². The SMILES string of the molecule is O=C1c2ccccc2N[C@H](c2ccccc2C(F)(F)F)N1c1ccc(Cl)cc1. The minimum Gasteiger partial charge on any atom is -0.360 e. The Bertz CT molecular complexity index is 1030. The molecule has 142 valence electrons. The topological polar surface area (TPSA) is 32.3 Å². The number of amides is 1. The van der Waals surface area contributed by atoms with Crippen molar-refractivity contribution in [3.05, 3.63) is 94.5 Å². The number of alkyl halides is 3. The fourth-order valence-corrected chi connectivity index (χ4v) is 3.46. The largest absolute Gasteiger partial charge is 0.416 e. The first-order chi connectivity index (χ1) is 13.4. The van der Waals surface area contributed by atoms with Crippen molar-refractivity contribution in [2.45, 2.75) is 12.3 Å². The van der Waals surface area contributed by atoms with Crippen LogP contribution in [0.15, 0.2) is 72.8 Å². The molecule has 3 aromatic rings. The molecule has 0 spiro atoms. The number of nitrogens with zero attached hydrogens (tertiary/aromatic N) is 1. The van der Waals surface area contributed by atoms with E-state index in [0.717, 1.165) is 6.07 Å². The number of halogens is 4. The number of carbonyl (C=O) groups is 1. The maximum atomic E-state index is 13.6. The molecule has 3 nitrogen and oxygen atoms in total. The second kappa shape index (κ2) is 6.87. The van der Waals surface area contributed by atoms with E-state index < -0.39 is 23.8 Å². The summed E-state index contributed by atoms with van der Waals surface area (Å²) in [7, 11) is 0. The zero-order valence-electron chi connectivity index (χ0n) is 14.4. The molecule has 1 amide bonds. The highest BCUT2D eigenvalue weighted by molar-refractivity contribution is 6.30. The third kappa shape index (κ3) is 3.20. The van der Waals surface area contributed by atoms with E-state index in [1.807, 2.05) is 0 Å². The Kier molecular flexibility index (Phi) is 4.51. The van der Waals surface area contributed by atoms with Crippen LogP contribution in [0.4, 0.5) is 24.5 Å². The molecular formula is C21H14ClF3N2O. The Labute approximate surface area is 164 Å². The monoisotopic (exact) mass is 402 g/mol. The van der Waals surface area contributed by atoms with Gasteiger partial charge in [0.25, 0.3) is 5.91 Å². The average molecular weight is 403 g/mol. The minimum absolute atomic E-state index is 0.0344. The molecule has 1 atom stereocenters. The van der Waals surface area contributed by atoms with E-state index in [2.05, 4.69) is 5.32 Å². The van der Waals surface area contributed by atoms with Crippen molar-refractivity contribution in [2.75, 3.05) is 10.2 Å². The zero-order chi connectivity index (χ0) is 19.9. The first kappa shape index (κ1) is 18.4. The van der Waals surface area contributed by atoms with Crippen LogP contribution in [-0.4, -0.2) is 5.91 Å². The molecule has 0 aromatic heterocycles. The Morgan fingerprint density at radius 3 is 2.25 bits per heavy atom. The number of benzene rings is 3. The summed E-state index contributed by atoms with van der Waals surface area (Å²) in [6.07, 6.45) is -5.58. The molecule has 7 heteroatoms. The van der Waals surface area contributed by atoms with Crippen LogP contribution in [0.3, 0.4) is 0 Å². The minimum atomic E-state index is -4.55. The van der Waals surface area contributed by atoms with Gasteiger partial charge in [0.1, 0.15) is 6.17 Å². The van der Waals surface area contributed by atoms with E-state index in [9.17, 15) is 18.0 Å². The van der Waals surface area contributed by atoms with Crippen molar-refractivity contribution < 1.29 is 18.0 Å². The van der Waals surface area contributed by atoms with Crippen molar-refractivity contribution in [3.63, 3.8) is 0 Å². The van der Waals surface area contributed by atoms with Gasteiger partial charge < -0.3 is 5.32 Å². The Balaban J connectivity index is 1.91. The van der Waals surface area contributed by atoms with Gasteiger partial charge in [-0.05, 0) is 42.5 Å². The molecule has 0 unspecified atom stereocenters. The summed E-state index contributed by atoms with van der Waals surface area (Å²) in [5.74, 6) is -0.390. The van der Waals surface area contributed by atoms with Crippen LogP contribution in [0.5, 0.6) is 0 Å². The van der Waals surface area contributed by atoms with Crippen LogP contribution in [0.1, 0.15) is 27.7 Å². The third-order valence-corrected chi connectivity index (χ3v) is 4.84. The highest BCUT2D eigenvalue weighted by Crippen LogP contribution is 2.41. The molecule has 0 radical (unpaired) electrons. The predicted octanol–water partition coefficient (Wildman–Crippen LogP) is 6.13. The lowest BCUT2D eigenvalue weighted by Crippen LogP contribution is -2.43. The fraction of sp³-hybridized carbons (Fsp3) is 0.0952. The number of hydrogen-bond donors (Lipinski definition) is 1. The number of fused-ring (bicyclic) bond motifs is 1. The molecule has 28 heavy (non-hydrogen) atoms. The summed E-state index contributed by atoms with van der Waals surface area (Å²) in [6.45, 7) is 0. The average Bonchev–Trinajstić information content (AvgIpc) is 2.68. The lowest BCUT2D eigenvalue weighted by molar-refractivity contribution is -0.138. The van der Waals surface area contributed by atoms with E-state index in [1.54, 1.807) is 48.5 Å². The van der Waals surface area contributed by atoms with Gasteiger partial charge in [-0.25, -0.2) is 0 Å². The smallest absolute Gasteiger partial charge is 0.360 e. The van der Waals surface area contributed by atoms with Crippen molar-refractivity contribution in [2.24, 2.45) is 0 Å². The van der Waals surface area contributed by atoms with Crippen LogP contribution >= 0.6 is 11.6 Å². The summed E-state index contributed by atoms with van der Waals surface area (Å²) in [5.41, 5.74) is 0.489. The maximum Gasteiger partial charge on any atom is 0.416 e. The van der Waals surface area contributed by atoms with Gasteiger partial charge >= 0.3 is 6.18 Å². The van der Waals surface area contributed by atoms with Crippen LogP contribution in [0.25, 0.3) is 0 Å². The highest BCUT2D eigenvalue weighted by Gasteiger charge is 2.40. The molecule has 0 aliphatic carbocycles. The second-order valence-electron chi connectivity index (χ2n) is 6.33. The normalized spacial score (nSPS) is 16.5. The standard InChI is InChI=1S/C21H14ClF3N2O/c22-13-9-11-14(12-10-13)27-19(15-5-1-3-7-17(15)21(23,24)25)26-18-8-4-2-6-16(18)20(27)28/h1-12,19,26H/t19-/m0/s1. The van der Waals surface area contributed by atoms with Gasteiger partial charge in [-0.1, -0.05) is 41.9 Å². The predicted molar refractivity (Wildman–Crippen MR) is 103 cm³/mol. The van der Waals surface area contributed by atoms with Gasteiger partial charge in [-0.15, -0.1) is 0 Å². The quantitative estimate of drug-likeness (QED) is 0.559. The van der Waals surface area contributed by atoms with Gasteiger partial charge in [0.2, 0.25) is 0 Å². The Morgan fingerprint density at radius 1 is 0.893 bits per heavy atom. The first-order valence-electron chi connectivity index (χ1n) is 8.47. The summed E-state index contributed by atoms with van der Waals surface area (Å²) in [4.78, 5) is 14.5. The van der Waals surface area contributed by atoms with Crippen LogP contribution < -0.4 is 10.2 Å². The summed E-state index contributed by atoms with van der Waals surface area (Å²) < 4.78 is 40.9. The van der Waals surface area contributed by atoms with Crippen molar-refractivity contribution in [1.82, 2.24) is 0 Å². The molecule has 0 fully saturated rings. The van der Waals surface area contributed by atoms with E-state index in [1.165, 1.54) is 23.1 Å². The zero-order valence-corrected chi connectivity index (χ0v) is 15.1. The second-order valence-corrected chi connectivity index (χ2v) is 6.77. The molecule has 1 aliphatic rings. The highest BCUT2D eigenvalue weighted by atomic mass is 35.5. The molecule has 0 saturated heterocycles. The molecule has 0 saturated carbocycles. The van der Waals surface area contributed by atoms with E-state index >= 15 is 0 Å². The van der Waals surface area contributed by atoms with Gasteiger partial charge in [0.15, 0.2) is 0 Å². The summed E-state index contributed by atoms with van der Waals surface area (Å²) in [6, 6.07) is 18.4. The molecule has 1 N–H and O–H groups in total. The van der Waals surface area contributed by atoms with E-state index in [0.29, 0.717) is 22.0 Å². The van der Waals surface area contributed by atoms with Crippen LogP contribution in [0, 0.1) is 0 Å². The molecule has 4 rings (SSSR count). The number of nitrogens with one attached hydrogen (secondary N) is 1. The summed E-state index contributed by atoms with van der Waals surface area (Å²) in [5, 5.41) is 3.56. The maximum absolute atomic E-state index is 13.6. The van der Waals surface area contributed by atoms with Gasteiger partial charge in [-0.2, -0.15) is 13.2 Å². The summed E-state index contributed by atoms with van der Waals surface area (Å²) >= 11 is 5.94. The van der Waals surface area contributed by atoms with Crippen LogP contribution in [0.2, 0.25) is 5.02 Å².